The topological polar surface area (TPSA) is 43.8 Å². The maximum atomic E-state index is 14.0. The lowest BCUT2D eigenvalue weighted by Gasteiger charge is -2.09. The van der Waals surface area contributed by atoms with Gasteiger partial charge in [-0.25, -0.2) is 13.8 Å². The molecule has 2 N–H and O–H groups in total. The van der Waals surface area contributed by atoms with Crippen molar-refractivity contribution in [2.24, 2.45) is 0 Å². The van der Waals surface area contributed by atoms with Crippen LogP contribution < -0.4 is 5.73 Å². The number of fused-ring (bicyclic) bond motifs is 1. The molecule has 0 radical (unpaired) electrons. The molecule has 0 aliphatic rings. The second kappa shape index (κ2) is 4.05. The number of imidazole rings is 1. The van der Waals surface area contributed by atoms with E-state index in [1.165, 1.54) is 11.5 Å². The Morgan fingerprint density at radius 2 is 1.84 bits per heavy atom. The number of nitrogen functional groups attached to an aromatic ring is 1. The highest BCUT2D eigenvalue weighted by atomic mass is 19.1. The van der Waals surface area contributed by atoms with Crippen LogP contribution in [0.3, 0.4) is 0 Å². The first-order valence-electron chi connectivity index (χ1n) is 5.77. The molecule has 3 aromatic rings. The van der Waals surface area contributed by atoms with Gasteiger partial charge in [-0.05, 0) is 30.7 Å². The minimum absolute atomic E-state index is 0.0642. The Morgan fingerprint density at radius 1 is 1.11 bits per heavy atom. The Morgan fingerprint density at radius 3 is 2.63 bits per heavy atom. The highest BCUT2D eigenvalue weighted by Gasteiger charge is 2.15. The molecule has 1 heterocycles. The lowest BCUT2D eigenvalue weighted by molar-refractivity contribution is 0.587. The van der Waals surface area contributed by atoms with Gasteiger partial charge in [0.1, 0.15) is 11.6 Å². The number of hydrogen-bond acceptors (Lipinski definition) is 2. The van der Waals surface area contributed by atoms with Crippen molar-refractivity contribution in [1.29, 1.82) is 0 Å². The van der Waals surface area contributed by atoms with Crippen LogP contribution in [0.5, 0.6) is 0 Å². The molecule has 0 saturated heterocycles. The zero-order chi connectivity index (χ0) is 13.6. The van der Waals surface area contributed by atoms with Crippen LogP contribution in [0.1, 0.15) is 5.56 Å². The average Bonchev–Trinajstić information content (AvgIpc) is 2.70. The molecule has 0 atom stereocenters. The van der Waals surface area contributed by atoms with E-state index in [4.69, 9.17) is 5.73 Å². The van der Waals surface area contributed by atoms with E-state index in [0.717, 1.165) is 12.1 Å². The van der Waals surface area contributed by atoms with Crippen molar-refractivity contribution in [3.63, 3.8) is 0 Å². The summed E-state index contributed by atoms with van der Waals surface area (Å²) >= 11 is 0. The molecule has 2 aromatic carbocycles. The van der Waals surface area contributed by atoms with E-state index < -0.39 is 11.6 Å². The lowest BCUT2D eigenvalue weighted by Crippen LogP contribution is -2.04. The number of aromatic nitrogens is 2. The number of nitrogens with zero attached hydrogens (tertiary/aromatic N) is 2. The maximum Gasteiger partial charge on any atom is 0.206 e. The predicted octanol–water partition coefficient (Wildman–Crippen LogP) is 3.19. The van der Waals surface area contributed by atoms with E-state index >= 15 is 0 Å². The van der Waals surface area contributed by atoms with Crippen molar-refractivity contribution in [3.8, 4) is 5.69 Å². The molecule has 0 spiro atoms. The van der Waals surface area contributed by atoms with Crippen molar-refractivity contribution >= 4 is 17.0 Å². The Bertz CT molecular complexity index is 778. The summed E-state index contributed by atoms with van der Waals surface area (Å²) in [6, 6.07) is 9.42. The first-order chi connectivity index (χ1) is 9.08. The number of nitrogens with two attached hydrogens (primary N) is 1. The number of halogens is 2. The quantitative estimate of drug-likeness (QED) is 0.729. The Hall–Kier alpha value is -2.43. The van der Waals surface area contributed by atoms with Crippen molar-refractivity contribution in [2.45, 2.75) is 6.92 Å². The minimum Gasteiger partial charge on any atom is -0.369 e. The summed E-state index contributed by atoms with van der Waals surface area (Å²) in [5.41, 5.74) is 7.40. The molecule has 0 bridgehead atoms. The van der Waals surface area contributed by atoms with Crippen LogP contribution in [0, 0.1) is 18.6 Å². The van der Waals surface area contributed by atoms with Crippen molar-refractivity contribution < 1.29 is 8.78 Å². The van der Waals surface area contributed by atoms with E-state index in [1.807, 2.05) is 6.07 Å². The van der Waals surface area contributed by atoms with Gasteiger partial charge in [0, 0.05) is 6.07 Å². The lowest BCUT2D eigenvalue weighted by atomic mass is 10.2. The molecule has 5 heteroatoms. The van der Waals surface area contributed by atoms with Crippen LogP contribution in [0.25, 0.3) is 16.7 Å². The van der Waals surface area contributed by atoms with Gasteiger partial charge in [-0.2, -0.15) is 0 Å². The first-order valence-corrected chi connectivity index (χ1v) is 5.77. The van der Waals surface area contributed by atoms with E-state index in [1.54, 1.807) is 18.2 Å². The van der Waals surface area contributed by atoms with E-state index in [0.29, 0.717) is 11.0 Å². The van der Waals surface area contributed by atoms with E-state index in [9.17, 15) is 8.78 Å². The van der Waals surface area contributed by atoms with Crippen LogP contribution in [-0.2, 0) is 0 Å². The second-order valence-corrected chi connectivity index (χ2v) is 4.35. The maximum absolute atomic E-state index is 14.0. The first kappa shape index (κ1) is 11.6. The molecule has 1 aromatic heterocycles. The molecule has 0 aliphatic carbocycles. The van der Waals surface area contributed by atoms with Gasteiger partial charge >= 0.3 is 0 Å². The molecule has 0 fully saturated rings. The van der Waals surface area contributed by atoms with Crippen LogP contribution >= 0.6 is 0 Å². The number of hydrogen-bond donors (Lipinski definition) is 1. The molecule has 0 amide bonds. The van der Waals surface area contributed by atoms with E-state index in [2.05, 4.69) is 4.98 Å². The zero-order valence-corrected chi connectivity index (χ0v) is 10.2. The van der Waals surface area contributed by atoms with Gasteiger partial charge in [-0.15, -0.1) is 0 Å². The van der Waals surface area contributed by atoms with Crippen LogP contribution in [-0.4, -0.2) is 9.55 Å². The normalized spacial score (nSPS) is 11.1. The van der Waals surface area contributed by atoms with Crippen molar-refractivity contribution in [2.75, 3.05) is 5.73 Å². The molecule has 19 heavy (non-hydrogen) atoms. The van der Waals surface area contributed by atoms with Crippen LogP contribution in [0.15, 0.2) is 36.4 Å². The third-order valence-corrected chi connectivity index (χ3v) is 3.06. The fourth-order valence-corrected chi connectivity index (χ4v) is 2.10. The summed E-state index contributed by atoms with van der Waals surface area (Å²) in [6.07, 6.45) is 0. The number of rotatable bonds is 1. The molecular weight excluding hydrogens is 248 g/mol. The summed E-state index contributed by atoms with van der Waals surface area (Å²) in [4.78, 5) is 4.13. The molecule has 0 saturated carbocycles. The summed E-state index contributed by atoms with van der Waals surface area (Å²) < 4.78 is 29.1. The fourth-order valence-electron chi connectivity index (χ4n) is 2.10. The summed E-state index contributed by atoms with van der Waals surface area (Å²) in [6.45, 7) is 1.51. The third kappa shape index (κ3) is 1.74. The molecule has 0 unspecified atom stereocenters. The van der Waals surface area contributed by atoms with Gasteiger partial charge in [0.2, 0.25) is 5.95 Å². The third-order valence-electron chi connectivity index (χ3n) is 3.06. The standard InChI is InChI=1S/C14H11F2N3/c1-8-6-10(16)13(7-9(8)15)19-12-5-3-2-4-11(12)18-14(19)17/h2-7H,1H3,(H2,17,18). The SMILES string of the molecule is Cc1cc(F)c(-n2c(N)nc3ccccc32)cc1F. The summed E-state index contributed by atoms with van der Waals surface area (Å²) in [7, 11) is 0. The molecule has 3 rings (SSSR count). The monoisotopic (exact) mass is 259 g/mol. The smallest absolute Gasteiger partial charge is 0.206 e. The zero-order valence-electron chi connectivity index (χ0n) is 10.2. The van der Waals surface area contributed by atoms with Crippen LogP contribution in [0.2, 0.25) is 0 Å². The predicted molar refractivity (Wildman–Crippen MR) is 70.1 cm³/mol. The van der Waals surface area contributed by atoms with Gasteiger partial charge in [0.15, 0.2) is 0 Å². The number of para-hydroxylation sites is 2. The van der Waals surface area contributed by atoms with Crippen molar-refractivity contribution in [1.82, 2.24) is 9.55 Å². The van der Waals surface area contributed by atoms with Crippen molar-refractivity contribution in [3.05, 3.63) is 53.6 Å². The number of aryl methyl sites for hydroxylation is 1. The fraction of sp³-hybridized carbons (Fsp3) is 0.0714. The van der Waals surface area contributed by atoms with Gasteiger partial charge in [-0.1, -0.05) is 12.1 Å². The summed E-state index contributed by atoms with van der Waals surface area (Å²) in [5.74, 6) is -0.884. The average molecular weight is 259 g/mol. The molecule has 0 aliphatic heterocycles. The highest BCUT2D eigenvalue weighted by Crippen LogP contribution is 2.26. The number of benzene rings is 2. The summed E-state index contributed by atoms with van der Waals surface area (Å²) in [5, 5.41) is 0. The molecular formula is C14H11F2N3. The van der Waals surface area contributed by atoms with Gasteiger partial charge in [-0.3, -0.25) is 4.57 Å². The Balaban J connectivity index is 2.36. The van der Waals surface area contributed by atoms with Crippen LogP contribution in [0.4, 0.5) is 14.7 Å². The van der Waals surface area contributed by atoms with Gasteiger partial charge < -0.3 is 5.73 Å². The molecule has 96 valence electrons. The Kier molecular flexibility index (Phi) is 2.48. The largest absolute Gasteiger partial charge is 0.369 e. The number of anilines is 1. The van der Waals surface area contributed by atoms with Gasteiger partial charge in [0.05, 0.1) is 16.7 Å². The van der Waals surface area contributed by atoms with Gasteiger partial charge in [0.25, 0.3) is 0 Å². The molecule has 3 nitrogen and oxygen atoms in total. The van der Waals surface area contributed by atoms with E-state index in [-0.39, 0.29) is 17.2 Å². The second-order valence-electron chi connectivity index (χ2n) is 4.35. The highest BCUT2D eigenvalue weighted by molar-refractivity contribution is 5.80. The Labute approximate surface area is 108 Å². The minimum atomic E-state index is -0.534.